The maximum Gasteiger partial charge on any atom is 0.257 e. The van der Waals surface area contributed by atoms with Crippen molar-refractivity contribution in [2.24, 2.45) is 0 Å². The molecule has 0 aliphatic heterocycles. The molecule has 0 aromatic carbocycles. The minimum Gasteiger partial charge on any atom is -0.298 e. The predicted molar refractivity (Wildman–Crippen MR) is 85.3 cm³/mol. The van der Waals surface area contributed by atoms with Crippen molar-refractivity contribution in [3.63, 3.8) is 0 Å². The van der Waals surface area contributed by atoms with E-state index in [-0.39, 0.29) is 5.91 Å². The molecule has 0 radical (unpaired) electrons. The maximum atomic E-state index is 12.3. The SMILES string of the molecule is CCCc1cc(C(=O)Nc2nc(C3CC3)cs2)cc(Cl)n1. The predicted octanol–water partition coefficient (Wildman–Crippen LogP) is 4.27. The molecule has 1 fully saturated rings. The Labute approximate surface area is 132 Å². The van der Waals surface area contributed by atoms with Crippen molar-refractivity contribution >= 4 is 34.0 Å². The Kier molecular flexibility index (Phi) is 4.22. The number of hydrogen-bond donors (Lipinski definition) is 1. The lowest BCUT2D eigenvalue weighted by Gasteiger charge is -2.05. The Bertz CT molecular complexity index is 667. The number of halogens is 1. The molecule has 0 unspecified atom stereocenters. The highest BCUT2D eigenvalue weighted by atomic mass is 35.5. The van der Waals surface area contributed by atoms with Crippen molar-refractivity contribution in [3.8, 4) is 0 Å². The molecule has 2 aromatic rings. The molecule has 21 heavy (non-hydrogen) atoms. The van der Waals surface area contributed by atoms with Crippen LogP contribution >= 0.6 is 22.9 Å². The smallest absolute Gasteiger partial charge is 0.257 e. The van der Waals surface area contributed by atoms with Crippen LogP contribution in [0, 0.1) is 0 Å². The fraction of sp³-hybridized carbons (Fsp3) is 0.400. The van der Waals surface area contributed by atoms with Gasteiger partial charge < -0.3 is 0 Å². The molecule has 0 atom stereocenters. The third-order valence-corrected chi connectivity index (χ3v) is 4.32. The molecule has 1 aliphatic carbocycles. The van der Waals surface area contributed by atoms with Gasteiger partial charge in [-0.25, -0.2) is 9.97 Å². The van der Waals surface area contributed by atoms with E-state index in [9.17, 15) is 4.79 Å². The Morgan fingerprint density at radius 1 is 1.43 bits per heavy atom. The number of thiazole rings is 1. The van der Waals surface area contributed by atoms with Gasteiger partial charge in [0.25, 0.3) is 5.91 Å². The molecule has 3 rings (SSSR count). The Balaban J connectivity index is 1.74. The van der Waals surface area contributed by atoms with Crippen LogP contribution in [-0.4, -0.2) is 15.9 Å². The first kappa shape index (κ1) is 14.5. The number of pyridine rings is 1. The molecule has 2 heterocycles. The van der Waals surface area contributed by atoms with Gasteiger partial charge in [0.05, 0.1) is 5.69 Å². The van der Waals surface area contributed by atoms with Crippen molar-refractivity contribution in [2.45, 2.75) is 38.5 Å². The summed E-state index contributed by atoms with van der Waals surface area (Å²) < 4.78 is 0. The number of carbonyl (C=O) groups excluding carboxylic acids is 1. The molecule has 0 saturated heterocycles. The lowest BCUT2D eigenvalue weighted by molar-refractivity contribution is 0.102. The molecule has 0 bridgehead atoms. The van der Waals surface area contributed by atoms with Gasteiger partial charge in [0.2, 0.25) is 0 Å². The van der Waals surface area contributed by atoms with Gasteiger partial charge in [0.15, 0.2) is 5.13 Å². The Hall–Kier alpha value is -1.46. The van der Waals surface area contributed by atoms with E-state index in [1.807, 2.05) is 5.38 Å². The van der Waals surface area contributed by atoms with Crippen LogP contribution in [0.5, 0.6) is 0 Å². The summed E-state index contributed by atoms with van der Waals surface area (Å²) in [4.78, 5) is 21.0. The van der Waals surface area contributed by atoms with E-state index in [1.54, 1.807) is 12.1 Å². The van der Waals surface area contributed by atoms with Gasteiger partial charge in [-0.1, -0.05) is 24.9 Å². The van der Waals surface area contributed by atoms with Crippen molar-refractivity contribution in [2.75, 3.05) is 5.32 Å². The number of hydrogen-bond acceptors (Lipinski definition) is 4. The monoisotopic (exact) mass is 321 g/mol. The first-order chi connectivity index (χ1) is 10.2. The first-order valence-corrected chi connectivity index (χ1v) is 8.34. The molecule has 0 spiro atoms. The number of aryl methyl sites for hydroxylation is 1. The van der Waals surface area contributed by atoms with Crippen LogP contribution in [0.2, 0.25) is 5.15 Å². The van der Waals surface area contributed by atoms with Crippen molar-refractivity contribution < 1.29 is 4.79 Å². The van der Waals surface area contributed by atoms with Gasteiger partial charge >= 0.3 is 0 Å². The summed E-state index contributed by atoms with van der Waals surface area (Å²) in [5.41, 5.74) is 2.46. The second kappa shape index (κ2) is 6.12. The summed E-state index contributed by atoms with van der Waals surface area (Å²) in [5.74, 6) is 0.409. The number of amides is 1. The number of carbonyl (C=O) groups is 1. The minimum absolute atomic E-state index is 0.187. The number of nitrogens with one attached hydrogen (secondary N) is 1. The van der Waals surface area contributed by atoms with Gasteiger partial charge in [-0.2, -0.15) is 0 Å². The van der Waals surface area contributed by atoms with Crippen LogP contribution < -0.4 is 5.32 Å². The van der Waals surface area contributed by atoms with E-state index in [1.165, 1.54) is 24.2 Å². The number of rotatable bonds is 5. The van der Waals surface area contributed by atoms with E-state index in [4.69, 9.17) is 11.6 Å². The average Bonchev–Trinajstić information content (AvgIpc) is 3.19. The fourth-order valence-corrected chi connectivity index (χ4v) is 3.16. The summed E-state index contributed by atoms with van der Waals surface area (Å²) in [6, 6.07) is 3.38. The summed E-state index contributed by atoms with van der Waals surface area (Å²) >= 11 is 7.45. The molecule has 1 N–H and O–H groups in total. The zero-order valence-electron chi connectivity index (χ0n) is 11.7. The van der Waals surface area contributed by atoms with E-state index in [0.717, 1.165) is 24.2 Å². The maximum absolute atomic E-state index is 12.3. The zero-order valence-corrected chi connectivity index (χ0v) is 13.3. The molecule has 4 nitrogen and oxygen atoms in total. The summed E-state index contributed by atoms with van der Waals surface area (Å²) in [6.07, 6.45) is 4.18. The van der Waals surface area contributed by atoms with E-state index >= 15 is 0 Å². The summed E-state index contributed by atoms with van der Waals surface area (Å²) in [6.45, 7) is 2.07. The van der Waals surface area contributed by atoms with Gasteiger partial charge in [-0.3, -0.25) is 10.1 Å². The number of anilines is 1. The minimum atomic E-state index is -0.187. The van der Waals surface area contributed by atoms with E-state index in [0.29, 0.717) is 21.8 Å². The second-order valence-corrected chi connectivity index (χ2v) is 6.47. The molecule has 1 aliphatic rings. The van der Waals surface area contributed by atoms with Gasteiger partial charge in [-0.05, 0) is 31.4 Å². The highest BCUT2D eigenvalue weighted by Gasteiger charge is 2.26. The van der Waals surface area contributed by atoms with Crippen LogP contribution in [0.1, 0.15) is 53.8 Å². The highest BCUT2D eigenvalue weighted by Crippen LogP contribution is 2.40. The van der Waals surface area contributed by atoms with Crippen molar-refractivity contribution in [1.29, 1.82) is 0 Å². The fourth-order valence-electron chi connectivity index (χ4n) is 2.15. The Morgan fingerprint density at radius 3 is 2.95 bits per heavy atom. The molecular formula is C15H16ClN3OS. The molecule has 1 amide bonds. The Morgan fingerprint density at radius 2 is 2.24 bits per heavy atom. The lowest BCUT2D eigenvalue weighted by Crippen LogP contribution is -2.12. The first-order valence-electron chi connectivity index (χ1n) is 7.09. The van der Waals surface area contributed by atoms with Crippen molar-refractivity contribution in [1.82, 2.24) is 9.97 Å². The molecular weight excluding hydrogens is 306 g/mol. The van der Waals surface area contributed by atoms with E-state index < -0.39 is 0 Å². The number of aromatic nitrogens is 2. The third-order valence-electron chi connectivity index (χ3n) is 3.35. The van der Waals surface area contributed by atoms with Gasteiger partial charge in [0.1, 0.15) is 5.15 Å². The summed E-state index contributed by atoms with van der Waals surface area (Å²) in [5, 5.41) is 5.86. The lowest BCUT2D eigenvalue weighted by atomic mass is 10.1. The highest BCUT2D eigenvalue weighted by molar-refractivity contribution is 7.14. The van der Waals surface area contributed by atoms with Crippen LogP contribution in [0.4, 0.5) is 5.13 Å². The third kappa shape index (κ3) is 3.60. The van der Waals surface area contributed by atoms with Gasteiger partial charge in [-0.15, -0.1) is 11.3 Å². The molecule has 2 aromatic heterocycles. The molecule has 1 saturated carbocycles. The average molecular weight is 322 g/mol. The molecule has 6 heteroatoms. The van der Waals surface area contributed by atoms with Crippen LogP contribution in [0.3, 0.4) is 0 Å². The summed E-state index contributed by atoms with van der Waals surface area (Å²) in [7, 11) is 0. The van der Waals surface area contributed by atoms with Crippen molar-refractivity contribution in [3.05, 3.63) is 39.6 Å². The quantitative estimate of drug-likeness (QED) is 0.836. The number of nitrogens with zero attached hydrogens (tertiary/aromatic N) is 2. The van der Waals surface area contributed by atoms with Gasteiger partial charge in [0, 0.05) is 22.6 Å². The van der Waals surface area contributed by atoms with Crippen LogP contribution in [-0.2, 0) is 6.42 Å². The van der Waals surface area contributed by atoms with Crippen LogP contribution in [0.15, 0.2) is 17.5 Å². The van der Waals surface area contributed by atoms with Crippen LogP contribution in [0.25, 0.3) is 0 Å². The topological polar surface area (TPSA) is 54.9 Å². The second-order valence-electron chi connectivity index (χ2n) is 5.23. The normalized spacial score (nSPS) is 14.2. The standard InChI is InChI=1S/C15H16ClN3OS/c1-2-3-11-6-10(7-13(16)17-11)14(20)19-15-18-12(8-21-15)9-4-5-9/h6-9H,2-5H2,1H3,(H,18,19,20). The zero-order chi connectivity index (χ0) is 14.8. The van der Waals surface area contributed by atoms with E-state index in [2.05, 4.69) is 22.2 Å². The molecule has 110 valence electrons. The largest absolute Gasteiger partial charge is 0.298 e.